The summed E-state index contributed by atoms with van der Waals surface area (Å²) in [6, 6.07) is 7.55. The summed E-state index contributed by atoms with van der Waals surface area (Å²) in [4.78, 5) is 46.2. The molecule has 3 amide bonds. The second kappa shape index (κ2) is 12.2. The molecule has 1 aliphatic heterocycles. The molecule has 1 saturated heterocycles. The van der Waals surface area contributed by atoms with Crippen LogP contribution in [0.1, 0.15) is 35.9 Å². The van der Waals surface area contributed by atoms with Crippen molar-refractivity contribution in [2.75, 3.05) is 25.5 Å². The average Bonchev–Trinajstić information content (AvgIpc) is 3.18. The minimum absolute atomic E-state index is 0.00295. The molecule has 10 nitrogen and oxygen atoms in total. The summed E-state index contributed by atoms with van der Waals surface area (Å²) in [5, 5.41) is 16.8. The molecule has 1 aromatic heterocycles. The molecule has 3 rings (SSSR count). The predicted molar refractivity (Wildman–Crippen MR) is 132 cm³/mol. The van der Waals surface area contributed by atoms with E-state index in [9.17, 15) is 14.4 Å². The highest BCUT2D eigenvalue weighted by Crippen LogP contribution is 2.28. The Balaban J connectivity index is 1.66. The Morgan fingerprint density at radius 3 is 2.71 bits per heavy atom. The molecule has 2 aromatic rings. The molecule has 4 N–H and O–H groups in total. The maximum atomic E-state index is 12.1. The Kier molecular flexibility index (Phi) is 9.11. The molecule has 0 aliphatic carbocycles. The fourth-order valence-electron chi connectivity index (χ4n) is 3.90. The van der Waals surface area contributed by atoms with Crippen LogP contribution in [0.4, 0.5) is 15.6 Å². The Bertz CT molecular complexity index is 1040. The van der Waals surface area contributed by atoms with Crippen molar-refractivity contribution in [3.63, 3.8) is 0 Å². The number of hydrogen-bond acceptors (Lipinski definition) is 7. The van der Waals surface area contributed by atoms with Gasteiger partial charge in [-0.3, -0.25) is 19.8 Å². The van der Waals surface area contributed by atoms with Crippen LogP contribution in [0.15, 0.2) is 29.3 Å². The van der Waals surface area contributed by atoms with Gasteiger partial charge < -0.3 is 15.7 Å². The summed E-state index contributed by atoms with van der Waals surface area (Å²) in [7, 11) is 1.67. The van der Waals surface area contributed by atoms with Crippen LogP contribution in [0.5, 0.6) is 0 Å². The molecule has 182 valence electrons. The Morgan fingerprint density at radius 2 is 2.03 bits per heavy atom. The topological polar surface area (TPSA) is 136 Å². The highest BCUT2D eigenvalue weighted by Gasteiger charge is 2.26. The third-order valence-corrected chi connectivity index (χ3v) is 6.54. The molecular weight excluding hydrogens is 456 g/mol. The zero-order valence-electron chi connectivity index (χ0n) is 19.3. The fourth-order valence-corrected chi connectivity index (χ4v) is 5.00. The number of piperidine rings is 1. The summed E-state index contributed by atoms with van der Waals surface area (Å²) in [6.45, 7) is 3.81. The van der Waals surface area contributed by atoms with E-state index in [4.69, 9.17) is 5.11 Å². The number of thiazole rings is 1. The number of hydrogen-bond donors (Lipinski definition) is 4. The number of nitrogens with zero attached hydrogens (tertiary/aromatic N) is 3. The number of rotatable bonds is 9. The molecule has 0 saturated carbocycles. The number of nitrogens with one attached hydrogen (secondary N) is 3. The number of carbonyl (C=O) groups is 3. The van der Waals surface area contributed by atoms with Crippen LogP contribution in [0.25, 0.3) is 0 Å². The van der Waals surface area contributed by atoms with Crippen molar-refractivity contribution in [1.82, 2.24) is 20.5 Å². The van der Waals surface area contributed by atoms with E-state index < -0.39 is 6.09 Å². The summed E-state index contributed by atoms with van der Waals surface area (Å²) in [5.74, 6) is -0.0745. The van der Waals surface area contributed by atoms with E-state index in [2.05, 4.69) is 30.8 Å². The summed E-state index contributed by atoms with van der Waals surface area (Å²) < 4.78 is 0. The van der Waals surface area contributed by atoms with Gasteiger partial charge in [-0.25, -0.2) is 14.8 Å². The maximum Gasteiger partial charge on any atom is 0.409 e. The quantitative estimate of drug-likeness (QED) is 0.318. The van der Waals surface area contributed by atoms with Crippen molar-refractivity contribution in [1.29, 1.82) is 0 Å². The van der Waals surface area contributed by atoms with Gasteiger partial charge >= 0.3 is 6.09 Å². The minimum Gasteiger partial charge on any atom is -0.465 e. The van der Waals surface area contributed by atoms with Crippen LogP contribution in [0, 0.1) is 5.92 Å². The molecule has 0 radical (unpaired) electrons. The number of amides is 3. The molecule has 1 aliphatic rings. The summed E-state index contributed by atoms with van der Waals surface area (Å²) >= 11 is 1.49. The lowest BCUT2D eigenvalue weighted by molar-refractivity contribution is -0.126. The van der Waals surface area contributed by atoms with Crippen molar-refractivity contribution in [3.05, 3.63) is 40.4 Å². The number of benzene rings is 1. The van der Waals surface area contributed by atoms with Crippen LogP contribution >= 0.6 is 11.3 Å². The highest BCUT2D eigenvalue weighted by molar-refractivity contribution is 7.15. The molecule has 1 fully saturated rings. The van der Waals surface area contributed by atoms with Crippen LogP contribution < -0.4 is 16.0 Å². The Labute approximate surface area is 202 Å². The number of anilines is 1. The van der Waals surface area contributed by atoms with Gasteiger partial charge in [0.2, 0.25) is 11.8 Å². The lowest BCUT2D eigenvalue weighted by Gasteiger charge is -2.31. The van der Waals surface area contributed by atoms with Crippen LogP contribution in [0.3, 0.4) is 0 Å². The SMILES string of the molecule is CNC(=O)[C@@H]1CCCN(Cc2sc(NC(C)=O)nc2CCc2ccc(N=CNC(=O)O)cc2)C1. The van der Waals surface area contributed by atoms with Gasteiger partial charge in [0.05, 0.1) is 23.6 Å². The zero-order chi connectivity index (χ0) is 24.5. The van der Waals surface area contributed by atoms with E-state index in [1.54, 1.807) is 7.05 Å². The second-order valence-electron chi connectivity index (χ2n) is 8.13. The third-order valence-electron chi connectivity index (χ3n) is 5.54. The smallest absolute Gasteiger partial charge is 0.409 e. The van der Waals surface area contributed by atoms with Crippen molar-refractivity contribution in [2.45, 2.75) is 39.2 Å². The number of carboxylic acid groups (broad SMARTS) is 1. The standard InChI is InChI=1S/C23H30N6O4S/c1-15(30)27-22-28-19(10-7-16-5-8-18(9-6-16)25-14-26-23(32)33)20(34-22)13-29-11-3-4-17(12-29)21(31)24-2/h5-6,8-9,14,17H,3-4,7,10-13H2,1-2H3,(H,24,31)(H,25,26)(H,32,33)(H,27,28,30)/t17-/m1/s1. The first-order chi connectivity index (χ1) is 16.3. The number of aliphatic imine (C=N–C) groups is 1. The third kappa shape index (κ3) is 7.63. The van der Waals surface area contributed by atoms with Gasteiger partial charge in [-0.05, 0) is 49.9 Å². The van der Waals surface area contributed by atoms with E-state index >= 15 is 0 Å². The number of carbonyl (C=O) groups excluding carboxylic acids is 2. The normalized spacial score (nSPS) is 16.4. The van der Waals surface area contributed by atoms with Gasteiger partial charge in [-0.1, -0.05) is 12.1 Å². The zero-order valence-corrected chi connectivity index (χ0v) is 20.2. The van der Waals surface area contributed by atoms with Gasteiger partial charge in [-0.15, -0.1) is 11.3 Å². The van der Waals surface area contributed by atoms with Crippen LogP contribution in [0.2, 0.25) is 0 Å². The maximum absolute atomic E-state index is 12.1. The summed E-state index contributed by atoms with van der Waals surface area (Å²) in [5.41, 5.74) is 2.70. The number of likely N-dealkylation sites (tertiary alicyclic amines) is 1. The van der Waals surface area contributed by atoms with E-state index in [1.807, 2.05) is 24.3 Å². The molecule has 0 unspecified atom stereocenters. The van der Waals surface area contributed by atoms with Crippen molar-refractivity contribution < 1.29 is 19.5 Å². The summed E-state index contributed by atoms with van der Waals surface area (Å²) in [6.07, 6.45) is 3.32. The van der Waals surface area contributed by atoms with Crippen molar-refractivity contribution >= 4 is 46.4 Å². The van der Waals surface area contributed by atoms with Crippen molar-refractivity contribution in [2.24, 2.45) is 10.9 Å². The van der Waals surface area contributed by atoms with E-state index in [1.165, 1.54) is 18.3 Å². The monoisotopic (exact) mass is 486 g/mol. The Hall–Kier alpha value is -3.31. The van der Waals surface area contributed by atoms with Gasteiger partial charge in [-0.2, -0.15) is 0 Å². The Morgan fingerprint density at radius 1 is 1.26 bits per heavy atom. The van der Waals surface area contributed by atoms with Crippen molar-refractivity contribution in [3.8, 4) is 0 Å². The minimum atomic E-state index is -1.16. The molecule has 11 heteroatoms. The highest BCUT2D eigenvalue weighted by atomic mass is 32.1. The number of aryl methyl sites for hydroxylation is 2. The first-order valence-corrected chi connectivity index (χ1v) is 12.0. The van der Waals surface area contributed by atoms with Crippen LogP contribution in [-0.2, 0) is 29.0 Å². The molecule has 0 spiro atoms. The largest absolute Gasteiger partial charge is 0.465 e. The molecule has 1 aromatic carbocycles. The van der Waals surface area contributed by atoms with Gasteiger partial charge in [0.1, 0.15) is 0 Å². The molecular formula is C23H30N6O4S. The van der Waals surface area contributed by atoms with E-state index in [0.717, 1.165) is 48.3 Å². The predicted octanol–water partition coefficient (Wildman–Crippen LogP) is 2.77. The van der Waals surface area contributed by atoms with Crippen LogP contribution in [-0.4, -0.2) is 59.4 Å². The van der Waals surface area contributed by atoms with Gasteiger partial charge in [0, 0.05) is 31.9 Å². The molecule has 0 bridgehead atoms. The second-order valence-corrected chi connectivity index (χ2v) is 9.22. The molecule has 1 atom stereocenters. The first-order valence-electron chi connectivity index (χ1n) is 11.1. The number of aromatic nitrogens is 1. The average molecular weight is 487 g/mol. The lowest BCUT2D eigenvalue weighted by atomic mass is 9.97. The van der Waals surface area contributed by atoms with Gasteiger partial charge in [0.15, 0.2) is 5.13 Å². The van der Waals surface area contributed by atoms with E-state index in [-0.39, 0.29) is 17.7 Å². The van der Waals surface area contributed by atoms with Gasteiger partial charge in [0.25, 0.3) is 0 Å². The first kappa shape index (κ1) is 25.3. The fraction of sp³-hybridized carbons (Fsp3) is 0.435. The molecule has 34 heavy (non-hydrogen) atoms. The molecule has 2 heterocycles. The lowest BCUT2D eigenvalue weighted by Crippen LogP contribution is -2.41. The van der Waals surface area contributed by atoms with E-state index in [0.29, 0.717) is 30.3 Å².